The van der Waals surface area contributed by atoms with Crippen LogP contribution in [0.2, 0.25) is 0 Å². The maximum Gasteiger partial charge on any atom is 0.449 e. The van der Waals surface area contributed by atoms with Gasteiger partial charge in [-0.15, -0.1) is 0 Å². The first kappa shape index (κ1) is 11.5. The van der Waals surface area contributed by atoms with Crippen LogP contribution in [0.5, 0.6) is 5.75 Å². The van der Waals surface area contributed by atoms with E-state index in [0.29, 0.717) is 0 Å². The van der Waals surface area contributed by atoms with E-state index in [2.05, 4.69) is 4.74 Å². The van der Waals surface area contributed by atoms with Crippen molar-refractivity contribution in [2.24, 2.45) is 0 Å². The largest absolute Gasteiger partial charge is 0.449 e. The Bertz CT molecular complexity index is 355. The van der Waals surface area contributed by atoms with E-state index in [1.807, 2.05) is 0 Å². The van der Waals surface area contributed by atoms with E-state index in [-0.39, 0.29) is 5.75 Å². The molecule has 0 bridgehead atoms. The topological polar surface area (TPSA) is 9.23 Å². The minimum Gasteiger partial charge on any atom is -0.430 e. The van der Waals surface area contributed by atoms with Crippen molar-refractivity contribution in [2.45, 2.75) is 6.18 Å². The van der Waals surface area contributed by atoms with E-state index >= 15 is 0 Å². The minimum absolute atomic E-state index is 0.214. The lowest BCUT2D eigenvalue weighted by Gasteiger charge is -2.06. The molecule has 1 rings (SSSR count). The monoisotopic (exact) mass is 224 g/mol. The summed E-state index contributed by atoms with van der Waals surface area (Å²) in [5.41, 5.74) is 0. The third kappa shape index (κ3) is 3.23. The lowest BCUT2D eigenvalue weighted by molar-refractivity contribution is -0.114. The van der Waals surface area contributed by atoms with Gasteiger partial charge in [-0.3, -0.25) is 0 Å². The zero-order chi connectivity index (χ0) is 11.5. The molecule has 0 amide bonds. The van der Waals surface area contributed by atoms with Gasteiger partial charge in [0.15, 0.2) is 0 Å². The first-order valence-corrected chi connectivity index (χ1v) is 3.76. The van der Waals surface area contributed by atoms with Gasteiger partial charge in [-0.2, -0.15) is 22.0 Å². The van der Waals surface area contributed by atoms with Crippen LogP contribution in [0.1, 0.15) is 0 Å². The first-order chi connectivity index (χ1) is 6.91. The molecule has 0 radical (unpaired) electrons. The average molecular weight is 224 g/mol. The zero-order valence-electron chi connectivity index (χ0n) is 7.18. The van der Waals surface area contributed by atoms with E-state index < -0.39 is 18.0 Å². The van der Waals surface area contributed by atoms with Gasteiger partial charge in [0.25, 0.3) is 5.83 Å². The predicted octanol–water partition coefficient (Wildman–Crippen LogP) is 3.74. The molecule has 0 saturated carbocycles. The maximum absolute atomic E-state index is 12.5. The standard InChI is InChI=1S/C9H5F5O/c10-7(9(12,13)14)8(11)15-6-4-2-1-3-5-6/h1-5H/b8-7-. The molecule has 0 spiro atoms. The third-order valence-corrected chi connectivity index (χ3v) is 1.37. The summed E-state index contributed by atoms with van der Waals surface area (Å²) >= 11 is 0. The quantitative estimate of drug-likeness (QED) is 0.549. The van der Waals surface area contributed by atoms with Gasteiger partial charge in [0.1, 0.15) is 5.75 Å². The van der Waals surface area contributed by atoms with E-state index in [1.165, 1.54) is 24.3 Å². The molecule has 6 heteroatoms. The molecule has 0 aliphatic rings. The number of halogens is 5. The molecular formula is C9H5F5O. The van der Waals surface area contributed by atoms with Gasteiger partial charge in [-0.05, 0) is 12.1 Å². The number of para-hydroxylation sites is 1. The second-order valence-corrected chi connectivity index (χ2v) is 2.50. The lowest BCUT2D eigenvalue weighted by atomic mass is 10.3. The van der Waals surface area contributed by atoms with Crippen molar-refractivity contribution in [1.29, 1.82) is 0 Å². The number of ether oxygens (including phenoxy) is 1. The Kier molecular flexibility index (Phi) is 3.28. The molecule has 15 heavy (non-hydrogen) atoms. The SMILES string of the molecule is F/C(Oc1ccccc1)=C(/F)C(F)(F)F. The molecule has 0 aliphatic heterocycles. The molecule has 0 aromatic heterocycles. The third-order valence-electron chi connectivity index (χ3n) is 1.37. The van der Waals surface area contributed by atoms with Gasteiger partial charge >= 0.3 is 12.2 Å². The number of allylic oxidation sites excluding steroid dienone is 1. The van der Waals surface area contributed by atoms with Crippen LogP contribution in [0.3, 0.4) is 0 Å². The van der Waals surface area contributed by atoms with Crippen molar-refractivity contribution in [3.63, 3.8) is 0 Å². The van der Waals surface area contributed by atoms with Crippen LogP contribution < -0.4 is 4.74 Å². The second-order valence-electron chi connectivity index (χ2n) is 2.50. The molecule has 1 aromatic rings. The van der Waals surface area contributed by atoms with Crippen LogP contribution in [-0.4, -0.2) is 6.18 Å². The highest BCUT2D eigenvalue weighted by atomic mass is 19.4. The molecule has 0 unspecified atom stereocenters. The Morgan fingerprint density at radius 1 is 1.00 bits per heavy atom. The molecule has 0 fully saturated rings. The molecule has 0 N–H and O–H groups in total. The molecule has 82 valence electrons. The fraction of sp³-hybridized carbons (Fsp3) is 0.111. The van der Waals surface area contributed by atoms with Crippen molar-refractivity contribution in [1.82, 2.24) is 0 Å². The smallest absolute Gasteiger partial charge is 0.430 e. The van der Waals surface area contributed by atoms with Crippen molar-refractivity contribution < 1.29 is 26.7 Å². The van der Waals surface area contributed by atoms with Crippen LogP contribution in [-0.2, 0) is 0 Å². The second kappa shape index (κ2) is 4.29. The van der Waals surface area contributed by atoms with Gasteiger partial charge in [0, 0.05) is 0 Å². The number of benzene rings is 1. The number of rotatable bonds is 2. The molecule has 0 saturated heterocycles. The highest BCUT2D eigenvalue weighted by molar-refractivity contribution is 5.23. The summed E-state index contributed by atoms with van der Waals surface area (Å²) < 4.78 is 63.8. The van der Waals surface area contributed by atoms with Crippen LogP contribution in [0.4, 0.5) is 22.0 Å². The van der Waals surface area contributed by atoms with Gasteiger partial charge < -0.3 is 4.74 Å². The summed E-state index contributed by atoms with van der Waals surface area (Å²) in [6.45, 7) is 0. The molecule has 0 heterocycles. The van der Waals surface area contributed by atoms with Crippen LogP contribution in [0, 0.1) is 0 Å². The van der Waals surface area contributed by atoms with Crippen molar-refractivity contribution >= 4 is 0 Å². The average Bonchev–Trinajstić information content (AvgIpc) is 2.16. The predicted molar refractivity (Wildman–Crippen MR) is 42.4 cm³/mol. The van der Waals surface area contributed by atoms with Crippen LogP contribution >= 0.6 is 0 Å². The van der Waals surface area contributed by atoms with Gasteiger partial charge in [-0.1, -0.05) is 18.2 Å². The van der Waals surface area contributed by atoms with Crippen LogP contribution in [0.25, 0.3) is 0 Å². The lowest BCUT2D eigenvalue weighted by Crippen LogP contribution is -2.11. The fourth-order valence-electron chi connectivity index (χ4n) is 0.748. The van der Waals surface area contributed by atoms with Gasteiger partial charge in [0.2, 0.25) is 0 Å². The summed E-state index contributed by atoms with van der Waals surface area (Å²) in [6.07, 6.45) is -5.38. The van der Waals surface area contributed by atoms with Crippen molar-refractivity contribution in [3.8, 4) is 5.75 Å². The highest BCUT2D eigenvalue weighted by Gasteiger charge is 2.39. The van der Waals surface area contributed by atoms with Crippen molar-refractivity contribution in [2.75, 3.05) is 0 Å². The first-order valence-electron chi connectivity index (χ1n) is 3.76. The number of hydrogen-bond donors (Lipinski definition) is 0. The number of alkyl halides is 3. The van der Waals surface area contributed by atoms with Gasteiger partial charge in [-0.25, -0.2) is 0 Å². The Hall–Kier alpha value is -1.59. The van der Waals surface area contributed by atoms with E-state index in [9.17, 15) is 22.0 Å². The Morgan fingerprint density at radius 2 is 1.53 bits per heavy atom. The summed E-state index contributed by atoms with van der Waals surface area (Å²) in [5.74, 6) is -3.10. The van der Waals surface area contributed by atoms with Crippen molar-refractivity contribution in [3.05, 3.63) is 42.2 Å². The Labute approximate surface area is 81.8 Å². The van der Waals surface area contributed by atoms with Crippen LogP contribution in [0.15, 0.2) is 42.2 Å². The zero-order valence-corrected chi connectivity index (χ0v) is 7.18. The highest BCUT2D eigenvalue weighted by Crippen LogP contribution is 2.30. The molecule has 0 aliphatic carbocycles. The molecular weight excluding hydrogens is 219 g/mol. The van der Waals surface area contributed by atoms with E-state index in [4.69, 9.17) is 0 Å². The molecule has 1 nitrogen and oxygen atoms in total. The molecule has 1 aromatic carbocycles. The summed E-state index contributed by atoms with van der Waals surface area (Å²) in [6, 6.07) is 4.47. The Morgan fingerprint density at radius 3 is 2.00 bits per heavy atom. The molecule has 0 atom stereocenters. The van der Waals surface area contributed by atoms with Gasteiger partial charge in [0.05, 0.1) is 0 Å². The summed E-state index contributed by atoms with van der Waals surface area (Å²) in [7, 11) is 0. The summed E-state index contributed by atoms with van der Waals surface area (Å²) in [5, 5.41) is 0. The Balaban J connectivity index is 2.84. The number of hydrogen-bond acceptors (Lipinski definition) is 1. The maximum atomic E-state index is 12.5. The summed E-state index contributed by atoms with van der Waals surface area (Å²) in [4.78, 5) is 0. The van der Waals surface area contributed by atoms with E-state index in [0.717, 1.165) is 0 Å². The normalized spacial score (nSPS) is 13.4. The van der Waals surface area contributed by atoms with E-state index in [1.54, 1.807) is 6.07 Å². The fourth-order valence-corrected chi connectivity index (χ4v) is 0.748. The minimum atomic E-state index is -5.38.